The van der Waals surface area contributed by atoms with Crippen LogP contribution in [0.5, 0.6) is 0 Å². The molecule has 0 saturated carbocycles. The van der Waals surface area contributed by atoms with Crippen molar-refractivity contribution in [2.75, 3.05) is 0 Å². The monoisotopic (exact) mass is 303 g/mol. The molecule has 2 aromatic rings. The van der Waals surface area contributed by atoms with E-state index in [0.29, 0.717) is 16.5 Å². The number of aryl methyl sites for hydroxylation is 1. The number of aromatic amines is 1. The van der Waals surface area contributed by atoms with Crippen molar-refractivity contribution in [1.82, 2.24) is 9.97 Å². The predicted molar refractivity (Wildman–Crippen MR) is 83.4 cm³/mol. The minimum Gasteiger partial charge on any atom is -0.366 e. The van der Waals surface area contributed by atoms with Crippen LogP contribution in [0.2, 0.25) is 0 Å². The van der Waals surface area contributed by atoms with E-state index in [1.165, 1.54) is 17.8 Å². The first-order chi connectivity index (χ1) is 10.1. The maximum absolute atomic E-state index is 11.6. The Balaban J connectivity index is 2.05. The third-order valence-corrected chi connectivity index (χ3v) is 3.84. The van der Waals surface area contributed by atoms with Gasteiger partial charge in [0.05, 0.1) is 0 Å². The van der Waals surface area contributed by atoms with Gasteiger partial charge in [-0.25, -0.2) is 4.98 Å². The smallest absolute Gasteiger partial charge is 0.251 e. The van der Waals surface area contributed by atoms with Crippen molar-refractivity contribution in [1.29, 1.82) is 0 Å². The lowest BCUT2D eigenvalue weighted by atomic mass is 10.1. The minimum atomic E-state index is -0.438. The standard InChI is InChI=1S/C15H17N3O2S/c1-2-3-12-8-13(19)18-15(17-12)21-9-10-4-6-11(7-5-10)14(16)20/h4-8H,2-3,9H2,1H3,(H2,16,20)(H,17,18,19). The van der Waals surface area contributed by atoms with Crippen LogP contribution in [0.15, 0.2) is 40.3 Å². The van der Waals surface area contributed by atoms with E-state index >= 15 is 0 Å². The highest BCUT2D eigenvalue weighted by molar-refractivity contribution is 7.98. The summed E-state index contributed by atoms with van der Waals surface area (Å²) in [5, 5.41) is 0.616. The summed E-state index contributed by atoms with van der Waals surface area (Å²) in [6.07, 6.45) is 1.75. The lowest BCUT2D eigenvalue weighted by Crippen LogP contribution is -2.10. The molecule has 0 aliphatic carbocycles. The van der Waals surface area contributed by atoms with E-state index in [-0.39, 0.29) is 5.56 Å². The van der Waals surface area contributed by atoms with Gasteiger partial charge in [-0.15, -0.1) is 0 Å². The van der Waals surface area contributed by atoms with Gasteiger partial charge >= 0.3 is 0 Å². The van der Waals surface area contributed by atoms with E-state index in [2.05, 4.69) is 16.9 Å². The molecule has 21 heavy (non-hydrogen) atoms. The van der Waals surface area contributed by atoms with Crippen LogP contribution in [-0.2, 0) is 12.2 Å². The predicted octanol–water partition coefficient (Wildman–Crippen LogP) is 2.11. The summed E-state index contributed by atoms with van der Waals surface area (Å²) in [4.78, 5) is 29.7. The van der Waals surface area contributed by atoms with Crippen LogP contribution in [0, 0.1) is 0 Å². The van der Waals surface area contributed by atoms with Gasteiger partial charge in [-0.2, -0.15) is 0 Å². The number of rotatable bonds is 6. The van der Waals surface area contributed by atoms with Gasteiger partial charge in [0.15, 0.2) is 5.16 Å². The highest BCUT2D eigenvalue weighted by Crippen LogP contribution is 2.19. The molecular formula is C15H17N3O2S. The second-order valence-corrected chi connectivity index (χ2v) is 5.61. The lowest BCUT2D eigenvalue weighted by molar-refractivity contribution is 0.100. The van der Waals surface area contributed by atoms with Crippen molar-refractivity contribution in [2.24, 2.45) is 5.73 Å². The number of aromatic nitrogens is 2. The highest BCUT2D eigenvalue weighted by atomic mass is 32.2. The molecule has 1 amide bonds. The zero-order valence-corrected chi connectivity index (χ0v) is 12.6. The molecule has 0 atom stereocenters. The normalized spacial score (nSPS) is 10.5. The summed E-state index contributed by atoms with van der Waals surface area (Å²) >= 11 is 1.46. The van der Waals surface area contributed by atoms with Crippen LogP contribution in [0.3, 0.4) is 0 Å². The number of nitrogens with two attached hydrogens (primary N) is 1. The molecule has 0 saturated heterocycles. The third kappa shape index (κ3) is 4.46. The Hall–Kier alpha value is -2.08. The van der Waals surface area contributed by atoms with E-state index < -0.39 is 5.91 Å². The van der Waals surface area contributed by atoms with Crippen LogP contribution >= 0.6 is 11.8 Å². The van der Waals surface area contributed by atoms with E-state index in [1.807, 2.05) is 12.1 Å². The molecule has 3 N–H and O–H groups in total. The van der Waals surface area contributed by atoms with Gasteiger partial charge < -0.3 is 10.7 Å². The number of primary amides is 1. The third-order valence-electron chi connectivity index (χ3n) is 2.89. The number of nitrogens with zero attached hydrogens (tertiary/aromatic N) is 1. The fourth-order valence-electron chi connectivity index (χ4n) is 1.85. The number of hydrogen-bond acceptors (Lipinski definition) is 4. The fourth-order valence-corrected chi connectivity index (χ4v) is 2.70. The average Bonchev–Trinajstić information content (AvgIpc) is 2.45. The minimum absolute atomic E-state index is 0.125. The number of carbonyl (C=O) groups excluding carboxylic acids is 1. The Bertz CT molecular complexity index is 680. The molecule has 2 rings (SSSR count). The Kier molecular flexibility index (Phi) is 5.16. The molecule has 0 aliphatic heterocycles. The van der Waals surface area contributed by atoms with Crippen molar-refractivity contribution in [3.05, 3.63) is 57.5 Å². The number of thioether (sulfide) groups is 1. The summed E-state index contributed by atoms with van der Waals surface area (Å²) in [6.45, 7) is 2.05. The van der Waals surface area contributed by atoms with Crippen molar-refractivity contribution < 1.29 is 4.79 Å². The quantitative estimate of drug-likeness (QED) is 0.632. The molecule has 6 heteroatoms. The second-order valence-electron chi connectivity index (χ2n) is 4.64. The first-order valence-electron chi connectivity index (χ1n) is 6.70. The first-order valence-corrected chi connectivity index (χ1v) is 7.69. The SMILES string of the molecule is CCCc1cc(=O)[nH]c(SCc2ccc(C(N)=O)cc2)n1. The number of hydrogen-bond donors (Lipinski definition) is 2. The summed E-state index contributed by atoms with van der Waals surface area (Å²) < 4.78 is 0. The van der Waals surface area contributed by atoms with Crippen LogP contribution in [-0.4, -0.2) is 15.9 Å². The average molecular weight is 303 g/mol. The van der Waals surface area contributed by atoms with Gasteiger partial charge in [0.1, 0.15) is 0 Å². The van der Waals surface area contributed by atoms with Crippen molar-refractivity contribution in [2.45, 2.75) is 30.7 Å². The van der Waals surface area contributed by atoms with Crippen LogP contribution in [0.4, 0.5) is 0 Å². The molecule has 0 aliphatic rings. The van der Waals surface area contributed by atoms with E-state index in [1.54, 1.807) is 12.1 Å². The molecule has 0 radical (unpaired) electrons. The molecule has 0 unspecified atom stereocenters. The molecule has 5 nitrogen and oxygen atoms in total. The number of benzene rings is 1. The zero-order valence-electron chi connectivity index (χ0n) is 11.8. The van der Waals surface area contributed by atoms with Crippen molar-refractivity contribution >= 4 is 17.7 Å². The number of amides is 1. The van der Waals surface area contributed by atoms with Gasteiger partial charge in [0.25, 0.3) is 5.56 Å². The molecular weight excluding hydrogens is 286 g/mol. The highest BCUT2D eigenvalue weighted by Gasteiger charge is 2.04. The maximum atomic E-state index is 11.6. The summed E-state index contributed by atoms with van der Waals surface area (Å²) in [5.74, 6) is 0.227. The Morgan fingerprint density at radius 3 is 2.67 bits per heavy atom. The van der Waals surface area contributed by atoms with Crippen molar-refractivity contribution in [3.8, 4) is 0 Å². The number of H-pyrrole nitrogens is 1. The molecule has 1 aromatic carbocycles. The largest absolute Gasteiger partial charge is 0.366 e. The summed E-state index contributed by atoms with van der Waals surface area (Å²) in [5.41, 5.74) is 7.41. The van der Waals surface area contributed by atoms with Crippen LogP contribution in [0.1, 0.15) is 35.0 Å². The van der Waals surface area contributed by atoms with E-state index in [9.17, 15) is 9.59 Å². The second kappa shape index (κ2) is 7.08. The summed E-state index contributed by atoms with van der Waals surface area (Å²) in [6, 6.07) is 8.63. The van der Waals surface area contributed by atoms with Gasteiger partial charge in [0.2, 0.25) is 5.91 Å². The first kappa shape index (κ1) is 15.3. The molecule has 0 bridgehead atoms. The number of nitrogens with one attached hydrogen (secondary N) is 1. The topological polar surface area (TPSA) is 88.8 Å². The van der Waals surface area contributed by atoms with Gasteiger partial charge in [-0.1, -0.05) is 37.2 Å². The Morgan fingerprint density at radius 1 is 1.33 bits per heavy atom. The van der Waals surface area contributed by atoms with Gasteiger partial charge in [-0.05, 0) is 24.1 Å². The molecule has 1 heterocycles. The Labute approximate surface area is 127 Å². The molecule has 110 valence electrons. The van der Waals surface area contributed by atoms with Crippen molar-refractivity contribution in [3.63, 3.8) is 0 Å². The summed E-state index contributed by atoms with van der Waals surface area (Å²) in [7, 11) is 0. The van der Waals surface area contributed by atoms with Crippen LogP contribution in [0.25, 0.3) is 0 Å². The van der Waals surface area contributed by atoms with Gasteiger partial charge in [-0.3, -0.25) is 9.59 Å². The molecule has 1 aromatic heterocycles. The molecule has 0 spiro atoms. The lowest BCUT2D eigenvalue weighted by Gasteiger charge is -2.04. The fraction of sp³-hybridized carbons (Fsp3) is 0.267. The van der Waals surface area contributed by atoms with E-state index in [0.717, 1.165) is 24.1 Å². The number of carbonyl (C=O) groups is 1. The van der Waals surface area contributed by atoms with Crippen LogP contribution < -0.4 is 11.3 Å². The zero-order chi connectivity index (χ0) is 15.2. The Morgan fingerprint density at radius 2 is 2.05 bits per heavy atom. The van der Waals surface area contributed by atoms with E-state index in [4.69, 9.17) is 5.73 Å². The van der Waals surface area contributed by atoms with Gasteiger partial charge in [0, 0.05) is 23.1 Å². The molecule has 0 fully saturated rings. The maximum Gasteiger partial charge on any atom is 0.251 e.